The first-order valence-corrected chi connectivity index (χ1v) is 10.3. The molecule has 0 radical (unpaired) electrons. The minimum absolute atomic E-state index is 0.134. The summed E-state index contributed by atoms with van der Waals surface area (Å²) in [7, 11) is 0. The molecule has 1 fully saturated rings. The predicted molar refractivity (Wildman–Crippen MR) is 106 cm³/mol. The number of nitrogens with zero attached hydrogens (tertiary/aromatic N) is 2. The number of fused-ring (bicyclic) bond motifs is 3. The third-order valence-corrected chi connectivity index (χ3v) is 5.24. The maximum absolute atomic E-state index is 12.5. The van der Waals surface area contributed by atoms with Crippen LogP contribution in [-0.2, 0) is 22.6 Å². The quantitative estimate of drug-likeness (QED) is 0.774. The summed E-state index contributed by atoms with van der Waals surface area (Å²) in [5.74, 6) is -0.134. The van der Waals surface area contributed by atoms with Crippen molar-refractivity contribution in [3.63, 3.8) is 0 Å². The molecule has 0 amide bonds. The topological polar surface area (TPSA) is 66.5 Å². The highest BCUT2D eigenvalue weighted by Gasteiger charge is 2.32. The maximum atomic E-state index is 12.5. The van der Waals surface area contributed by atoms with Gasteiger partial charge >= 0.3 is 5.97 Å². The van der Waals surface area contributed by atoms with Crippen molar-refractivity contribution in [3.8, 4) is 0 Å². The van der Waals surface area contributed by atoms with Crippen LogP contribution < -0.4 is 10.6 Å². The van der Waals surface area contributed by atoms with E-state index in [4.69, 9.17) is 9.72 Å². The van der Waals surface area contributed by atoms with Gasteiger partial charge in [0, 0.05) is 38.3 Å². The molecule has 0 saturated heterocycles. The van der Waals surface area contributed by atoms with Gasteiger partial charge in [-0.1, -0.05) is 18.9 Å². The molecule has 6 heteroatoms. The number of carbonyl (C=O) groups excluding carboxylic acids is 1. The minimum Gasteiger partial charge on any atom is -0.459 e. The van der Waals surface area contributed by atoms with Gasteiger partial charge in [-0.2, -0.15) is 0 Å². The molecule has 27 heavy (non-hydrogen) atoms. The van der Waals surface area contributed by atoms with Gasteiger partial charge in [0.15, 0.2) is 0 Å². The van der Waals surface area contributed by atoms with Crippen LogP contribution in [0.15, 0.2) is 18.2 Å². The van der Waals surface area contributed by atoms with Crippen molar-refractivity contribution < 1.29 is 9.53 Å². The molecule has 1 aromatic heterocycles. The van der Waals surface area contributed by atoms with Crippen molar-refractivity contribution >= 4 is 5.97 Å². The third kappa shape index (κ3) is 6.26. The van der Waals surface area contributed by atoms with Gasteiger partial charge in [-0.25, -0.2) is 0 Å². The highest BCUT2D eigenvalue weighted by molar-refractivity contribution is 5.72. The molecule has 0 unspecified atom stereocenters. The zero-order valence-electron chi connectivity index (χ0n) is 17.0. The molecular formula is C21H34N4O2. The highest BCUT2D eigenvalue weighted by Crippen LogP contribution is 2.24. The van der Waals surface area contributed by atoms with Crippen molar-refractivity contribution in [1.82, 2.24) is 20.5 Å². The van der Waals surface area contributed by atoms with E-state index in [1.807, 2.05) is 20.8 Å². The van der Waals surface area contributed by atoms with Crippen molar-refractivity contribution in [2.75, 3.05) is 19.6 Å². The summed E-state index contributed by atoms with van der Waals surface area (Å²) in [5, 5.41) is 7.21. The van der Waals surface area contributed by atoms with Crippen molar-refractivity contribution in [1.29, 1.82) is 0 Å². The van der Waals surface area contributed by atoms with Crippen LogP contribution in [0.5, 0.6) is 0 Å². The average molecular weight is 375 g/mol. The Morgan fingerprint density at radius 1 is 1.22 bits per heavy atom. The monoisotopic (exact) mass is 374 g/mol. The van der Waals surface area contributed by atoms with E-state index >= 15 is 0 Å². The summed E-state index contributed by atoms with van der Waals surface area (Å²) in [6.45, 7) is 9.32. The molecule has 1 aromatic rings. The number of hydrogen-bond acceptors (Lipinski definition) is 6. The number of carbonyl (C=O) groups is 1. The molecule has 2 bridgehead atoms. The smallest absolute Gasteiger partial charge is 0.320 e. The van der Waals surface area contributed by atoms with E-state index in [2.05, 4.69) is 33.7 Å². The van der Waals surface area contributed by atoms with Gasteiger partial charge < -0.3 is 15.4 Å². The maximum Gasteiger partial charge on any atom is 0.320 e. The fourth-order valence-corrected chi connectivity index (χ4v) is 4.09. The number of ether oxygens (including phenoxy) is 1. The fourth-order valence-electron chi connectivity index (χ4n) is 4.09. The van der Waals surface area contributed by atoms with Gasteiger partial charge in [-0.05, 0) is 45.7 Å². The second-order valence-corrected chi connectivity index (χ2v) is 8.69. The van der Waals surface area contributed by atoms with Crippen LogP contribution in [-0.4, -0.2) is 53.2 Å². The second-order valence-electron chi connectivity index (χ2n) is 8.69. The Morgan fingerprint density at radius 3 is 2.74 bits per heavy atom. The predicted octanol–water partition coefficient (Wildman–Crippen LogP) is 2.23. The molecule has 1 aliphatic carbocycles. The highest BCUT2D eigenvalue weighted by atomic mass is 16.6. The molecular weight excluding hydrogens is 340 g/mol. The normalized spacial score (nSPS) is 25.0. The molecule has 1 saturated carbocycles. The Kier molecular flexibility index (Phi) is 6.84. The summed E-state index contributed by atoms with van der Waals surface area (Å²) >= 11 is 0. The lowest BCUT2D eigenvalue weighted by Crippen LogP contribution is -2.54. The molecule has 0 spiro atoms. The number of aromatic nitrogens is 1. The molecule has 150 valence electrons. The summed E-state index contributed by atoms with van der Waals surface area (Å²) in [6, 6.07) is 6.96. The SMILES string of the molecule is CC(C)(C)OC(=O)CN1CCNCc2cccc(n2)CN[C@H]2CCCC[C@@H]21. The summed E-state index contributed by atoms with van der Waals surface area (Å²) in [5.41, 5.74) is 1.70. The van der Waals surface area contributed by atoms with E-state index in [9.17, 15) is 4.79 Å². The van der Waals surface area contributed by atoms with Crippen LogP contribution in [0.4, 0.5) is 0 Å². The average Bonchev–Trinajstić information content (AvgIpc) is 2.61. The molecule has 2 heterocycles. The van der Waals surface area contributed by atoms with Gasteiger partial charge in [-0.3, -0.25) is 14.7 Å². The molecule has 6 nitrogen and oxygen atoms in total. The molecule has 0 aromatic carbocycles. The molecule has 1 aliphatic heterocycles. The number of rotatable bonds is 2. The largest absolute Gasteiger partial charge is 0.459 e. The van der Waals surface area contributed by atoms with E-state index in [1.54, 1.807) is 0 Å². The minimum atomic E-state index is -0.444. The van der Waals surface area contributed by atoms with E-state index in [-0.39, 0.29) is 5.97 Å². The molecule has 2 atom stereocenters. The zero-order chi connectivity index (χ0) is 19.3. The third-order valence-electron chi connectivity index (χ3n) is 5.24. The second kappa shape index (κ2) is 9.13. The molecule has 3 rings (SSSR count). The van der Waals surface area contributed by atoms with Crippen molar-refractivity contribution in [2.45, 2.75) is 77.2 Å². The van der Waals surface area contributed by atoms with Crippen molar-refractivity contribution in [3.05, 3.63) is 29.6 Å². The van der Waals surface area contributed by atoms with E-state index in [0.717, 1.165) is 50.4 Å². The summed E-state index contributed by atoms with van der Waals surface area (Å²) in [6.07, 6.45) is 4.71. The standard InChI is InChI=1S/C21H34N4O2/c1-21(2,3)27-20(26)15-25-12-11-22-13-16-7-6-8-17(24-16)14-23-18-9-4-5-10-19(18)25/h6-8,18-19,22-23H,4-5,9-15H2,1-3H3/t18-,19-/m0/s1. The number of nitrogens with one attached hydrogen (secondary N) is 2. The lowest BCUT2D eigenvalue weighted by atomic mass is 9.89. The lowest BCUT2D eigenvalue weighted by molar-refractivity contribution is -0.157. The van der Waals surface area contributed by atoms with Gasteiger partial charge in [-0.15, -0.1) is 0 Å². The van der Waals surface area contributed by atoms with Gasteiger partial charge in [0.25, 0.3) is 0 Å². The van der Waals surface area contributed by atoms with Crippen LogP contribution in [0.25, 0.3) is 0 Å². The molecule has 2 N–H and O–H groups in total. The van der Waals surface area contributed by atoms with Gasteiger partial charge in [0.1, 0.15) is 5.60 Å². The Labute approximate surface area is 163 Å². The first-order valence-electron chi connectivity index (χ1n) is 10.3. The number of hydrogen-bond donors (Lipinski definition) is 2. The number of pyridine rings is 1. The van der Waals surface area contributed by atoms with Gasteiger partial charge in [0.2, 0.25) is 0 Å². The Hall–Kier alpha value is -1.50. The lowest BCUT2D eigenvalue weighted by Gasteiger charge is -2.40. The van der Waals surface area contributed by atoms with E-state index in [1.165, 1.54) is 12.8 Å². The van der Waals surface area contributed by atoms with Crippen LogP contribution >= 0.6 is 0 Å². The van der Waals surface area contributed by atoms with Crippen LogP contribution in [0.1, 0.15) is 57.8 Å². The fraction of sp³-hybridized carbons (Fsp3) is 0.714. The van der Waals surface area contributed by atoms with Crippen LogP contribution in [0, 0.1) is 0 Å². The zero-order valence-corrected chi connectivity index (χ0v) is 17.0. The summed E-state index contributed by atoms with van der Waals surface area (Å²) in [4.78, 5) is 19.6. The molecule has 2 aliphatic rings. The Balaban J connectivity index is 1.73. The van der Waals surface area contributed by atoms with Crippen molar-refractivity contribution in [2.24, 2.45) is 0 Å². The Bertz CT molecular complexity index is 629. The number of esters is 1. The van der Waals surface area contributed by atoms with Gasteiger partial charge in [0.05, 0.1) is 17.9 Å². The summed E-state index contributed by atoms with van der Waals surface area (Å²) < 4.78 is 5.59. The first-order chi connectivity index (χ1) is 12.9. The van der Waals surface area contributed by atoms with E-state index in [0.29, 0.717) is 18.6 Å². The Morgan fingerprint density at radius 2 is 1.96 bits per heavy atom. The van der Waals surface area contributed by atoms with Crippen LogP contribution in [0.3, 0.4) is 0 Å². The van der Waals surface area contributed by atoms with E-state index < -0.39 is 5.60 Å². The van der Waals surface area contributed by atoms with Crippen LogP contribution in [0.2, 0.25) is 0 Å². The first kappa shape index (κ1) is 20.2.